The number of aliphatic hydroxyl groups is 1. The summed E-state index contributed by atoms with van der Waals surface area (Å²) < 4.78 is 0. The van der Waals surface area contributed by atoms with Crippen molar-refractivity contribution in [3.8, 4) is 0 Å². The van der Waals surface area contributed by atoms with E-state index in [1.807, 2.05) is 35.7 Å². The van der Waals surface area contributed by atoms with Crippen LogP contribution in [0.3, 0.4) is 0 Å². The van der Waals surface area contributed by atoms with Crippen LogP contribution in [-0.2, 0) is 6.42 Å². The van der Waals surface area contributed by atoms with Gasteiger partial charge in [0, 0.05) is 11.9 Å². The minimum atomic E-state index is -0.495. The van der Waals surface area contributed by atoms with E-state index in [2.05, 4.69) is 17.2 Å². The summed E-state index contributed by atoms with van der Waals surface area (Å²) in [5, 5.41) is 16.0. The first kappa shape index (κ1) is 12.1. The first-order valence-electron chi connectivity index (χ1n) is 5.71. The van der Waals surface area contributed by atoms with Crippen molar-refractivity contribution in [3.05, 3.63) is 47.0 Å². The van der Waals surface area contributed by atoms with E-state index in [1.165, 1.54) is 0 Å². The predicted molar refractivity (Wildman–Crippen MR) is 71.4 cm³/mol. The van der Waals surface area contributed by atoms with Crippen molar-refractivity contribution in [3.63, 3.8) is 0 Å². The predicted octanol–water partition coefficient (Wildman–Crippen LogP) is 2.85. The number of benzene rings is 1. The zero-order valence-electron chi connectivity index (χ0n) is 9.76. The Balaban J connectivity index is 1.90. The Hall–Kier alpha value is -1.39. The average Bonchev–Trinajstić information content (AvgIpc) is 2.85. The van der Waals surface area contributed by atoms with Crippen LogP contribution < -0.4 is 5.32 Å². The van der Waals surface area contributed by atoms with Crippen LogP contribution in [-0.4, -0.2) is 16.6 Å². The first-order chi connectivity index (χ1) is 8.29. The molecule has 4 heteroatoms. The normalized spacial score (nSPS) is 12.4. The molecule has 1 unspecified atom stereocenters. The molecule has 3 nitrogen and oxygen atoms in total. The number of aliphatic hydroxyl groups excluding tert-OH is 1. The summed E-state index contributed by atoms with van der Waals surface area (Å²) in [6.45, 7) is 2.57. The minimum absolute atomic E-state index is 0.487. The van der Waals surface area contributed by atoms with Crippen molar-refractivity contribution in [2.45, 2.75) is 19.4 Å². The maximum atomic E-state index is 9.96. The van der Waals surface area contributed by atoms with E-state index in [4.69, 9.17) is 0 Å². The zero-order valence-corrected chi connectivity index (χ0v) is 10.6. The molecular formula is C13H16N2OS. The lowest BCUT2D eigenvalue weighted by Gasteiger charge is -2.11. The second kappa shape index (κ2) is 5.80. The molecule has 0 saturated heterocycles. The monoisotopic (exact) mass is 248 g/mol. The van der Waals surface area contributed by atoms with Crippen molar-refractivity contribution >= 4 is 16.5 Å². The lowest BCUT2D eigenvalue weighted by atomic mass is 10.1. The van der Waals surface area contributed by atoms with Crippen LogP contribution in [0.5, 0.6) is 0 Å². The van der Waals surface area contributed by atoms with E-state index < -0.39 is 6.10 Å². The van der Waals surface area contributed by atoms with Gasteiger partial charge in [0.1, 0.15) is 0 Å². The number of thiazole rings is 1. The first-order valence-corrected chi connectivity index (χ1v) is 6.59. The average molecular weight is 248 g/mol. The highest BCUT2D eigenvalue weighted by molar-refractivity contribution is 7.13. The summed E-state index contributed by atoms with van der Waals surface area (Å²) in [6, 6.07) is 9.64. The van der Waals surface area contributed by atoms with Gasteiger partial charge in [0.15, 0.2) is 5.13 Å². The molecule has 1 heterocycles. The van der Waals surface area contributed by atoms with E-state index in [-0.39, 0.29) is 0 Å². The lowest BCUT2D eigenvalue weighted by Crippen LogP contribution is -2.11. The van der Waals surface area contributed by atoms with Crippen LogP contribution in [0.15, 0.2) is 35.7 Å². The van der Waals surface area contributed by atoms with Gasteiger partial charge in [-0.2, -0.15) is 0 Å². The third kappa shape index (κ3) is 3.28. The maximum Gasteiger partial charge on any atom is 0.182 e. The smallest absolute Gasteiger partial charge is 0.182 e. The molecule has 0 amide bonds. The van der Waals surface area contributed by atoms with Gasteiger partial charge in [-0.25, -0.2) is 4.98 Å². The van der Waals surface area contributed by atoms with Crippen LogP contribution in [0.4, 0.5) is 5.13 Å². The Morgan fingerprint density at radius 1 is 1.35 bits per heavy atom. The van der Waals surface area contributed by atoms with Gasteiger partial charge in [0.25, 0.3) is 0 Å². The molecule has 0 aliphatic rings. The molecule has 0 aliphatic carbocycles. The zero-order chi connectivity index (χ0) is 12.1. The van der Waals surface area contributed by atoms with Crippen molar-refractivity contribution < 1.29 is 5.11 Å². The van der Waals surface area contributed by atoms with Gasteiger partial charge in [-0.1, -0.05) is 37.3 Å². The van der Waals surface area contributed by atoms with E-state index in [9.17, 15) is 5.11 Å². The molecule has 0 spiro atoms. The lowest BCUT2D eigenvalue weighted by molar-refractivity contribution is 0.191. The molecule has 2 N–H and O–H groups in total. The summed E-state index contributed by atoms with van der Waals surface area (Å²) in [5.41, 5.74) is 2.01. The van der Waals surface area contributed by atoms with Crippen LogP contribution in [0.1, 0.15) is 24.3 Å². The summed E-state index contributed by atoms with van der Waals surface area (Å²) in [7, 11) is 0. The Kier molecular flexibility index (Phi) is 4.12. The third-order valence-corrected chi connectivity index (χ3v) is 3.39. The number of aromatic nitrogens is 1. The third-order valence-electron chi connectivity index (χ3n) is 2.54. The van der Waals surface area contributed by atoms with Gasteiger partial charge in [0.05, 0.1) is 11.8 Å². The van der Waals surface area contributed by atoms with Crippen LogP contribution in [0.25, 0.3) is 0 Å². The topological polar surface area (TPSA) is 45.1 Å². The molecule has 0 aliphatic heterocycles. The summed E-state index contributed by atoms with van der Waals surface area (Å²) in [5.74, 6) is 0. The Morgan fingerprint density at radius 2 is 2.12 bits per heavy atom. The van der Waals surface area contributed by atoms with Gasteiger partial charge >= 0.3 is 0 Å². The second-order valence-corrected chi connectivity index (χ2v) is 4.66. The molecule has 2 aromatic rings. The molecule has 1 atom stereocenters. The molecule has 1 aromatic heterocycles. The number of aryl methyl sites for hydroxylation is 1. The van der Waals surface area contributed by atoms with Crippen molar-refractivity contribution in [2.75, 3.05) is 11.9 Å². The molecule has 2 rings (SSSR count). The van der Waals surface area contributed by atoms with Crippen LogP contribution in [0.2, 0.25) is 0 Å². The van der Waals surface area contributed by atoms with E-state index in [0.29, 0.717) is 6.54 Å². The standard InChI is InChI=1S/C13H16N2OS/c1-2-11-9-17-13(15-11)14-8-12(16)10-6-4-3-5-7-10/h3-7,9,12,16H,2,8H2,1H3,(H,14,15). The molecule has 0 saturated carbocycles. The number of hydrogen-bond donors (Lipinski definition) is 2. The quantitative estimate of drug-likeness (QED) is 0.855. The maximum absolute atomic E-state index is 9.96. The summed E-state index contributed by atoms with van der Waals surface area (Å²) in [6.07, 6.45) is 0.449. The molecule has 17 heavy (non-hydrogen) atoms. The van der Waals surface area contributed by atoms with Gasteiger partial charge in [0.2, 0.25) is 0 Å². The van der Waals surface area contributed by atoms with Gasteiger partial charge in [-0.15, -0.1) is 11.3 Å². The van der Waals surface area contributed by atoms with E-state index in [1.54, 1.807) is 11.3 Å². The van der Waals surface area contributed by atoms with Crippen LogP contribution >= 0.6 is 11.3 Å². The number of nitrogens with one attached hydrogen (secondary N) is 1. The number of hydrogen-bond acceptors (Lipinski definition) is 4. The molecule has 0 radical (unpaired) electrons. The largest absolute Gasteiger partial charge is 0.387 e. The van der Waals surface area contributed by atoms with Crippen molar-refractivity contribution in [1.29, 1.82) is 0 Å². The SMILES string of the molecule is CCc1csc(NCC(O)c2ccccc2)n1. The highest BCUT2D eigenvalue weighted by Gasteiger charge is 2.07. The van der Waals surface area contributed by atoms with E-state index in [0.717, 1.165) is 22.8 Å². The summed E-state index contributed by atoms with van der Waals surface area (Å²) >= 11 is 1.58. The number of anilines is 1. The van der Waals surface area contributed by atoms with Crippen LogP contribution in [0, 0.1) is 0 Å². The molecule has 0 fully saturated rings. The second-order valence-electron chi connectivity index (χ2n) is 3.80. The fourth-order valence-electron chi connectivity index (χ4n) is 1.53. The minimum Gasteiger partial charge on any atom is -0.387 e. The molecule has 90 valence electrons. The number of nitrogens with zero attached hydrogens (tertiary/aromatic N) is 1. The Bertz CT molecular complexity index is 455. The highest BCUT2D eigenvalue weighted by Crippen LogP contribution is 2.18. The molecular weight excluding hydrogens is 232 g/mol. The Morgan fingerprint density at radius 3 is 2.76 bits per heavy atom. The highest BCUT2D eigenvalue weighted by atomic mass is 32.1. The fraction of sp³-hybridized carbons (Fsp3) is 0.308. The van der Waals surface area contributed by atoms with Crippen molar-refractivity contribution in [2.24, 2.45) is 0 Å². The van der Waals surface area contributed by atoms with Gasteiger partial charge in [-0.05, 0) is 12.0 Å². The van der Waals surface area contributed by atoms with E-state index >= 15 is 0 Å². The number of rotatable bonds is 5. The molecule has 1 aromatic carbocycles. The van der Waals surface area contributed by atoms with Crippen molar-refractivity contribution in [1.82, 2.24) is 4.98 Å². The molecule has 0 bridgehead atoms. The fourth-order valence-corrected chi connectivity index (χ4v) is 2.33. The van der Waals surface area contributed by atoms with Gasteiger partial charge in [-0.3, -0.25) is 0 Å². The summed E-state index contributed by atoms with van der Waals surface area (Å²) in [4.78, 5) is 4.39. The Labute approximate surface area is 105 Å². The van der Waals surface area contributed by atoms with Gasteiger partial charge < -0.3 is 10.4 Å².